The molecule has 0 aromatic heterocycles. The Bertz CT molecular complexity index is 1150. The van der Waals surface area contributed by atoms with Crippen molar-refractivity contribution in [3.8, 4) is 5.75 Å². The molecule has 5 aliphatic carbocycles. The first-order valence-corrected chi connectivity index (χ1v) is 12.9. The number of allylic oxidation sites excluding steroid dienone is 5. The van der Waals surface area contributed by atoms with Gasteiger partial charge in [0.2, 0.25) is 0 Å². The topological polar surface area (TPSA) is 64.6 Å². The fourth-order valence-electron chi connectivity index (χ4n) is 7.52. The Kier molecular flexibility index (Phi) is 4.47. The molecular weight excluding hydrogens is 434 g/mol. The van der Waals surface area contributed by atoms with Gasteiger partial charge in [-0.05, 0) is 96.7 Å². The van der Waals surface area contributed by atoms with E-state index in [1.54, 1.807) is 0 Å². The molecule has 0 radical (unpaired) electrons. The smallest absolute Gasteiger partial charge is 0.290 e. The molecule has 2 amide bonds. The summed E-state index contributed by atoms with van der Waals surface area (Å²) in [6, 6.07) is 4.64. The predicted octanol–water partition coefficient (Wildman–Crippen LogP) is 5.46. The van der Waals surface area contributed by atoms with Gasteiger partial charge in [-0.2, -0.15) is 0 Å². The molecule has 1 aromatic carbocycles. The molecule has 4 saturated carbocycles. The van der Waals surface area contributed by atoms with Crippen LogP contribution in [0.25, 0.3) is 5.57 Å². The van der Waals surface area contributed by atoms with Crippen molar-refractivity contribution in [3.05, 3.63) is 58.0 Å². The molecular formula is C27H27NO4S. The lowest BCUT2D eigenvalue weighted by Gasteiger charge is -2.41. The highest BCUT2D eigenvalue weighted by Gasteiger charge is 2.57. The largest absolute Gasteiger partial charge is 0.467 e. The molecule has 7 aliphatic rings. The van der Waals surface area contributed by atoms with Gasteiger partial charge in [-0.1, -0.05) is 24.3 Å². The van der Waals surface area contributed by atoms with E-state index in [0.717, 1.165) is 41.7 Å². The molecule has 3 atom stereocenters. The first kappa shape index (κ1) is 20.1. The molecule has 1 saturated heterocycles. The van der Waals surface area contributed by atoms with Gasteiger partial charge in [0.05, 0.1) is 11.5 Å². The van der Waals surface area contributed by atoms with Crippen LogP contribution in [0.2, 0.25) is 0 Å². The molecule has 6 heteroatoms. The van der Waals surface area contributed by atoms with Gasteiger partial charge in [0.25, 0.3) is 11.1 Å². The number of amides is 2. The molecule has 1 N–H and O–H groups in total. The number of nitrogens with one attached hydrogen (secondary N) is 1. The maximum absolute atomic E-state index is 11.9. The first-order chi connectivity index (χ1) is 16.1. The van der Waals surface area contributed by atoms with Crippen molar-refractivity contribution in [1.82, 2.24) is 5.32 Å². The lowest BCUT2D eigenvalue weighted by atomic mass is 9.65. The lowest BCUT2D eigenvalue weighted by molar-refractivity contribution is -0.115. The summed E-state index contributed by atoms with van der Waals surface area (Å²) in [6.07, 6.45) is 16.1. The number of hydrogen-bond donors (Lipinski definition) is 1. The fourth-order valence-corrected chi connectivity index (χ4v) is 8.25. The van der Waals surface area contributed by atoms with Gasteiger partial charge in [-0.15, -0.1) is 0 Å². The van der Waals surface area contributed by atoms with Crippen LogP contribution in [0.3, 0.4) is 0 Å². The third-order valence-corrected chi connectivity index (χ3v) is 9.51. The second kappa shape index (κ2) is 7.34. The van der Waals surface area contributed by atoms with E-state index in [1.807, 2.05) is 6.08 Å². The molecule has 170 valence electrons. The van der Waals surface area contributed by atoms with Crippen LogP contribution in [0.4, 0.5) is 4.79 Å². The van der Waals surface area contributed by atoms with Gasteiger partial charge in [0.1, 0.15) is 5.75 Å². The molecule has 5 nitrogen and oxygen atoms in total. The number of carbonyl (C=O) groups is 2. The molecule has 8 rings (SSSR count). The minimum absolute atomic E-state index is 0.122. The van der Waals surface area contributed by atoms with Crippen molar-refractivity contribution in [2.24, 2.45) is 23.7 Å². The summed E-state index contributed by atoms with van der Waals surface area (Å²) >= 11 is 0.986. The van der Waals surface area contributed by atoms with E-state index < -0.39 is 0 Å². The fraction of sp³-hybridized carbons (Fsp3) is 0.481. The molecule has 4 bridgehead atoms. The highest BCUT2D eigenvalue weighted by molar-refractivity contribution is 8.18. The molecule has 1 aromatic rings. The van der Waals surface area contributed by atoms with Crippen LogP contribution in [0.15, 0.2) is 41.3 Å². The van der Waals surface area contributed by atoms with Crippen molar-refractivity contribution in [1.29, 1.82) is 0 Å². The Morgan fingerprint density at radius 3 is 2.67 bits per heavy atom. The van der Waals surface area contributed by atoms with E-state index in [4.69, 9.17) is 9.47 Å². The first-order valence-electron chi connectivity index (χ1n) is 12.1. The van der Waals surface area contributed by atoms with Crippen LogP contribution >= 0.6 is 11.8 Å². The van der Waals surface area contributed by atoms with Gasteiger partial charge < -0.3 is 9.47 Å². The van der Waals surface area contributed by atoms with Crippen molar-refractivity contribution >= 4 is 28.5 Å². The monoisotopic (exact) mass is 461 g/mol. The number of ether oxygens (including phenoxy) is 2. The summed E-state index contributed by atoms with van der Waals surface area (Å²) in [4.78, 5) is 23.8. The van der Waals surface area contributed by atoms with Gasteiger partial charge in [-0.25, -0.2) is 0 Å². The van der Waals surface area contributed by atoms with Crippen molar-refractivity contribution in [2.45, 2.75) is 50.5 Å². The minimum atomic E-state index is -0.290. The van der Waals surface area contributed by atoms with Gasteiger partial charge in [-0.3, -0.25) is 14.9 Å². The average Bonchev–Trinajstić information content (AvgIpc) is 3.38. The summed E-state index contributed by atoms with van der Waals surface area (Å²) < 4.78 is 11.8. The Morgan fingerprint density at radius 2 is 1.97 bits per heavy atom. The zero-order valence-electron chi connectivity index (χ0n) is 18.5. The molecule has 0 spiro atoms. The molecule has 3 unspecified atom stereocenters. The predicted molar refractivity (Wildman–Crippen MR) is 126 cm³/mol. The average molecular weight is 462 g/mol. The van der Waals surface area contributed by atoms with Gasteiger partial charge in [0.15, 0.2) is 6.79 Å². The highest BCUT2D eigenvalue weighted by atomic mass is 32.2. The Labute approximate surface area is 197 Å². The Morgan fingerprint density at radius 1 is 1.12 bits per heavy atom. The number of thioether (sulfide) groups is 1. The van der Waals surface area contributed by atoms with E-state index in [2.05, 4.69) is 35.7 Å². The number of benzene rings is 1. The van der Waals surface area contributed by atoms with Crippen LogP contribution in [0.1, 0.15) is 55.2 Å². The maximum Gasteiger partial charge on any atom is 0.290 e. The second-order valence-electron chi connectivity index (χ2n) is 10.7. The SMILES string of the molecule is O=C1NC(=O)/C(=C/C2C=CC(c3cc4c(c(C56CC7CC(C5)C(C7)C6)c3)OCOC4)=CC2)S1. The highest BCUT2D eigenvalue weighted by Crippen LogP contribution is 2.66. The lowest BCUT2D eigenvalue weighted by Crippen LogP contribution is -2.33. The van der Waals surface area contributed by atoms with E-state index in [-0.39, 0.29) is 22.5 Å². The normalized spacial score (nSPS) is 37.3. The van der Waals surface area contributed by atoms with E-state index in [1.165, 1.54) is 54.4 Å². The number of fused-ring (bicyclic) bond motifs is 1. The molecule has 2 aliphatic heterocycles. The van der Waals surface area contributed by atoms with Crippen LogP contribution in [0, 0.1) is 23.7 Å². The molecule has 2 heterocycles. The van der Waals surface area contributed by atoms with E-state index >= 15 is 0 Å². The Balaban J connectivity index is 1.21. The summed E-state index contributed by atoms with van der Waals surface area (Å²) in [7, 11) is 0. The summed E-state index contributed by atoms with van der Waals surface area (Å²) in [5.41, 5.74) is 5.32. The Hall–Kier alpha value is -2.31. The van der Waals surface area contributed by atoms with Crippen molar-refractivity contribution in [3.63, 3.8) is 0 Å². The number of rotatable bonds is 3. The second-order valence-corrected chi connectivity index (χ2v) is 11.7. The van der Waals surface area contributed by atoms with Crippen LogP contribution in [-0.2, 0) is 21.6 Å². The third-order valence-electron chi connectivity index (χ3n) is 8.68. The van der Waals surface area contributed by atoms with Crippen LogP contribution in [-0.4, -0.2) is 17.9 Å². The zero-order chi connectivity index (χ0) is 22.2. The van der Waals surface area contributed by atoms with E-state index in [0.29, 0.717) is 18.3 Å². The third kappa shape index (κ3) is 3.25. The quantitative estimate of drug-likeness (QED) is 0.606. The van der Waals surface area contributed by atoms with Crippen molar-refractivity contribution in [2.75, 3.05) is 6.79 Å². The number of hydrogen-bond acceptors (Lipinski definition) is 5. The van der Waals surface area contributed by atoms with Gasteiger partial charge in [0, 0.05) is 17.0 Å². The van der Waals surface area contributed by atoms with Gasteiger partial charge >= 0.3 is 0 Å². The zero-order valence-corrected chi connectivity index (χ0v) is 19.3. The van der Waals surface area contributed by atoms with E-state index in [9.17, 15) is 9.59 Å². The number of carbonyl (C=O) groups excluding carboxylic acids is 2. The summed E-state index contributed by atoms with van der Waals surface area (Å²) in [5.74, 6) is 3.63. The number of imide groups is 1. The van der Waals surface area contributed by atoms with Crippen LogP contribution < -0.4 is 10.1 Å². The minimum Gasteiger partial charge on any atom is -0.467 e. The summed E-state index contributed by atoms with van der Waals surface area (Å²) in [5, 5.41) is 2.04. The summed E-state index contributed by atoms with van der Waals surface area (Å²) in [6.45, 7) is 0.952. The van der Waals surface area contributed by atoms with Crippen LogP contribution in [0.5, 0.6) is 5.75 Å². The van der Waals surface area contributed by atoms with Crippen molar-refractivity contribution < 1.29 is 19.1 Å². The standard InChI is InChI=1S/C27H27NO4S/c29-25-23(33-26(30)28-25)7-15-1-3-17(4-2-15)18-8-21-13-31-14-32-24(21)22(9-18)27-10-16-5-19(11-27)20(6-16)12-27/h1,3-4,7-9,15-16,19-20H,2,5-6,10-14H2,(H,28,29,30)/b23-7-. The maximum atomic E-state index is 11.9. The molecule has 33 heavy (non-hydrogen) atoms. The molecule has 5 fully saturated rings.